The summed E-state index contributed by atoms with van der Waals surface area (Å²) >= 11 is 0. The van der Waals surface area contributed by atoms with Crippen molar-refractivity contribution < 1.29 is 0 Å². The number of hydrogen-bond acceptors (Lipinski definition) is 4. The second-order valence-electron chi connectivity index (χ2n) is 4.17. The van der Waals surface area contributed by atoms with Gasteiger partial charge in [-0.1, -0.05) is 18.2 Å². The van der Waals surface area contributed by atoms with Gasteiger partial charge >= 0.3 is 0 Å². The Morgan fingerprint density at radius 1 is 1.21 bits per heavy atom. The summed E-state index contributed by atoms with van der Waals surface area (Å²) in [4.78, 5) is 14.3. The molecule has 2 rings (SSSR count). The number of nitrogens with two attached hydrogens (primary N) is 1. The second-order valence-corrected chi connectivity index (χ2v) is 4.17. The van der Waals surface area contributed by atoms with Gasteiger partial charge in [0.15, 0.2) is 0 Å². The molecule has 0 saturated carbocycles. The van der Waals surface area contributed by atoms with Crippen molar-refractivity contribution in [1.29, 1.82) is 0 Å². The molecule has 5 heteroatoms. The third-order valence-electron chi connectivity index (χ3n) is 3.10. The molecule has 19 heavy (non-hydrogen) atoms. The lowest BCUT2D eigenvalue weighted by molar-refractivity contribution is 0.790. The number of anilines is 2. The highest BCUT2D eigenvalue weighted by molar-refractivity contribution is 5.65. The first-order chi connectivity index (χ1) is 9.19. The van der Waals surface area contributed by atoms with Crippen molar-refractivity contribution in [3.05, 3.63) is 46.9 Å². The molecule has 0 amide bonds. The maximum absolute atomic E-state index is 12.3. The molecule has 1 aromatic heterocycles. The van der Waals surface area contributed by atoms with Gasteiger partial charge in [0.25, 0.3) is 5.56 Å². The average molecular weight is 258 g/mol. The summed E-state index contributed by atoms with van der Waals surface area (Å²) in [6.45, 7) is 5.62. The van der Waals surface area contributed by atoms with Crippen molar-refractivity contribution >= 4 is 11.4 Å². The van der Waals surface area contributed by atoms with Crippen LogP contribution in [0.1, 0.15) is 13.8 Å². The highest BCUT2D eigenvalue weighted by atomic mass is 16.1. The molecule has 100 valence electrons. The zero-order chi connectivity index (χ0) is 13.8. The fourth-order valence-corrected chi connectivity index (χ4v) is 2.03. The molecule has 0 spiro atoms. The van der Waals surface area contributed by atoms with Crippen LogP contribution in [0, 0.1) is 0 Å². The topological polar surface area (TPSA) is 64.2 Å². The molecule has 0 aliphatic rings. The van der Waals surface area contributed by atoms with E-state index >= 15 is 0 Å². The van der Waals surface area contributed by atoms with Crippen molar-refractivity contribution in [2.24, 2.45) is 0 Å². The Kier molecular flexibility index (Phi) is 3.85. The SMILES string of the molecule is CCN(CC)c1cnn(-c2ccccc2)c(=O)c1N. The fraction of sp³-hybridized carbons (Fsp3) is 0.286. The Labute approximate surface area is 112 Å². The van der Waals surface area contributed by atoms with Gasteiger partial charge in [0.1, 0.15) is 5.69 Å². The largest absolute Gasteiger partial charge is 0.392 e. The van der Waals surface area contributed by atoms with Gasteiger partial charge in [-0.05, 0) is 26.0 Å². The van der Waals surface area contributed by atoms with E-state index in [-0.39, 0.29) is 11.2 Å². The van der Waals surface area contributed by atoms with Gasteiger partial charge in [-0.25, -0.2) is 0 Å². The van der Waals surface area contributed by atoms with Crippen molar-refractivity contribution in [3.63, 3.8) is 0 Å². The molecule has 0 fully saturated rings. The standard InChI is InChI=1S/C14H18N4O/c1-3-17(4-2)12-10-16-18(14(19)13(12)15)11-8-6-5-7-9-11/h5-10H,3-4,15H2,1-2H3. The summed E-state index contributed by atoms with van der Waals surface area (Å²) in [7, 11) is 0. The maximum Gasteiger partial charge on any atom is 0.296 e. The van der Waals surface area contributed by atoms with E-state index in [1.165, 1.54) is 4.68 Å². The van der Waals surface area contributed by atoms with E-state index in [1.807, 2.05) is 49.1 Å². The molecule has 0 aliphatic heterocycles. The van der Waals surface area contributed by atoms with Gasteiger partial charge in [-0.2, -0.15) is 9.78 Å². The Balaban J connectivity index is 2.52. The first-order valence-corrected chi connectivity index (χ1v) is 6.37. The highest BCUT2D eigenvalue weighted by Crippen LogP contribution is 2.18. The van der Waals surface area contributed by atoms with Crippen LogP contribution in [0.5, 0.6) is 0 Å². The Hall–Kier alpha value is -2.30. The number of hydrogen-bond donors (Lipinski definition) is 1. The normalized spacial score (nSPS) is 10.4. The second kappa shape index (κ2) is 5.56. The first kappa shape index (κ1) is 13.1. The Morgan fingerprint density at radius 2 is 1.84 bits per heavy atom. The highest BCUT2D eigenvalue weighted by Gasteiger charge is 2.13. The van der Waals surface area contributed by atoms with Crippen LogP contribution in [0.3, 0.4) is 0 Å². The molecule has 0 aliphatic carbocycles. The van der Waals surface area contributed by atoms with Crippen LogP contribution in [-0.4, -0.2) is 22.9 Å². The quantitative estimate of drug-likeness (QED) is 0.906. The number of para-hydroxylation sites is 1. The number of nitrogens with zero attached hydrogens (tertiary/aromatic N) is 3. The van der Waals surface area contributed by atoms with Crippen LogP contribution in [0.4, 0.5) is 11.4 Å². The zero-order valence-corrected chi connectivity index (χ0v) is 11.2. The maximum atomic E-state index is 12.3. The number of aromatic nitrogens is 2. The van der Waals surface area contributed by atoms with Crippen LogP contribution in [0.2, 0.25) is 0 Å². The third kappa shape index (κ3) is 2.45. The molecule has 0 atom stereocenters. The fourth-order valence-electron chi connectivity index (χ4n) is 2.03. The Morgan fingerprint density at radius 3 is 2.42 bits per heavy atom. The molecule has 0 saturated heterocycles. The smallest absolute Gasteiger partial charge is 0.296 e. The minimum atomic E-state index is -0.282. The summed E-state index contributed by atoms with van der Waals surface area (Å²) in [5.74, 6) is 0. The van der Waals surface area contributed by atoms with Gasteiger partial charge in [-0.15, -0.1) is 0 Å². The number of rotatable bonds is 4. The van der Waals surface area contributed by atoms with Crippen molar-refractivity contribution in [3.8, 4) is 5.69 Å². The predicted octanol–water partition coefficient (Wildman–Crippen LogP) is 1.66. The van der Waals surface area contributed by atoms with Crippen molar-refractivity contribution in [2.75, 3.05) is 23.7 Å². The van der Waals surface area contributed by atoms with Gasteiger partial charge in [0, 0.05) is 13.1 Å². The first-order valence-electron chi connectivity index (χ1n) is 6.37. The average Bonchev–Trinajstić information content (AvgIpc) is 2.46. The third-order valence-corrected chi connectivity index (χ3v) is 3.10. The van der Waals surface area contributed by atoms with E-state index in [0.717, 1.165) is 13.1 Å². The van der Waals surface area contributed by atoms with Gasteiger partial charge in [-0.3, -0.25) is 4.79 Å². The lowest BCUT2D eigenvalue weighted by Gasteiger charge is -2.22. The zero-order valence-electron chi connectivity index (χ0n) is 11.2. The van der Waals surface area contributed by atoms with E-state index in [9.17, 15) is 4.79 Å². The van der Waals surface area contributed by atoms with Gasteiger partial charge in [0.2, 0.25) is 0 Å². The molecule has 1 aromatic carbocycles. The van der Waals surface area contributed by atoms with Gasteiger partial charge < -0.3 is 10.6 Å². The monoisotopic (exact) mass is 258 g/mol. The number of benzene rings is 1. The Bertz CT molecular complexity index is 603. The van der Waals surface area contributed by atoms with E-state index in [1.54, 1.807) is 6.20 Å². The summed E-state index contributed by atoms with van der Waals surface area (Å²) in [6.07, 6.45) is 1.65. The molecule has 5 nitrogen and oxygen atoms in total. The van der Waals surface area contributed by atoms with Crippen LogP contribution < -0.4 is 16.2 Å². The van der Waals surface area contributed by atoms with E-state index in [0.29, 0.717) is 11.4 Å². The lowest BCUT2D eigenvalue weighted by atomic mass is 10.3. The van der Waals surface area contributed by atoms with Crippen LogP contribution in [0.15, 0.2) is 41.3 Å². The van der Waals surface area contributed by atoms with E-state index in [2.05, 4.69) is 5.10 Å². The molecule has 2 N–H and O–H groups in total. The summed E-state index contributed by atoms with van der Waals surface area (Å²) in [6, 6.07) is 9.26. The van der Waals surface area contributed by atoms with Gasteiger partial charge in [0.05, 0.1) is 17.6 Å². The van der Waals surface area contributed by atoms with Crippen LogP contribution >= 0.6 is 0 Å². The molecule has 0 unspecified atom stereocenters. The summed E-state index contributed by atoms with van der Waals surface area (Å²) < 4.78 is 1.32. The molecule has 1 heterocycles. The van der Waals surface area contributed by atoms with Crippen LogP contribution in [0.25, 0.3) is 5.69 Å². The van der Waals surface area contributed by atoms with Crippen LogP contribution in [-0.2, 0) is 0 Å². The van der Waals surface area contributed by atoms with Crippen molar-refractivity contribution in [2.45, 2.75) is 13.8 Å². The summed E-state index contributed by atoms with van der Waals surface area (Å²) in [5, 5.41) is 4.21. The minimum absolute atomic E-state index is 0.238. The molecule has 2 aromatic rings. The molecular formula is C14H18N4O. The minimum Gasteiger partial charge on any atom is -0.392 e. The lowest BCUT2D eigenvalue weighted by Crippen LogP contribution is -2.30. The van der Waals surface area contributed by atoms with E-state index < -0.39 is 0 Å². The molecular weight excluding hydrogens is 240 g/mol. The number of nitrogen functional groups attached to an aromatic ring is 1. The van der Waals surface area contributed by atoms with Crippen molar-refractivity contribution in [1.82, 2.24) is 9.78 Å². The van der Waals surface area contributed by atoms with E-state index in [4.69, 9.17) is 5.73 Å². The molecule has 0 bridgehead atoms. The predicted molar refractivity (Wildman–Crippen MR) is 77.8 cm³/mol. The molecule has 0 radical (unpaired) electrons. The summed E-state index contributed by atoms with van der Waals surface area (Å²) in [5.41, 5.74) is 7.32.